The van der Waals surface area contributed by atoms with Gasteiger partial charge in [0.1, 0.15) is 11.5 Å². The topological polar surface area (TPSA) is 73.0 Å². The highest BCUT2D eigenvalue weighted by Crippen LogP contribution is 2.64. The highest BCUT2D eigenvalue weighted by molar-refractivity contribution is 8.27. The number of halogens is 1. The van der Waals surface area contributed by atoms with Crippen LogP contribution < -0.4 is 14.3 Å². The summed E-state index contributed by atoms with van der Waals surface area (Å²) in [5, 5.41) is 0. The molecule has 130 valence electrons. The molecule has 0 saturated carbocycles. The van der Waals surface area contributed by atoms with E-state index in [1.165, 1.54) is 20.7 Å². The minimum atomic E-state index is -3.41. The Morgan fingerprint density at radius 2 is 1.54 bits per heavy atom. The van der Waals surface area contributed by atoms with Crippen molar-refractivity contribution in [3.63, 3.8) is 0 Å². The summed E-state index contributed by atoms with van der Waals surface area (Å²) in [6.45, 7) is 4.12. The molecule has 5 nitrogen and oxygen atoms in total. The zero-order valence-electron chi connectivity index (χ0n) is 13.7. The quantitative estimate of drug-likeness (QED) is 0.757. The second kappa shape index (κ2) is 5.93. The van der Waals surface area contributed by atoms with Crippen molar-refractivity contribution in [3.8, 4) is 0 Å². The van der Waals surface area contributed by atoms with Gasteiger partial charge in [-0.2, -0.15) is 0 Å². The summed E-state index contributed by atoms with van der Waals surface area (Å²) >= 11 is 0. The van der Waals surface area contributed by atoms with Gasteiger partial charge in [-0.15, -0.1) is 0 Å². The minimum Gasteiger partial charge on any atom is -0.325 e. The van der Waals surface area contributed by atoms with Crippen LogP contribution in [-0.2, 0) is 0 Å². The lowest BCUT2D eigenvalue weighted by atomic mass is 10.0. The van der Waals surface area contributed by atoms with Crippen LogP contribution in [0.4, 0.5) is 21.5 Å². The molecule has 0 spiro atoms. The molecule has 0 radical (unpaired) electrons. The first-order valence-electron chi connectivity index (χ1n) is 7.70. The third-order valence-electron chi connectivity index (χ3n) is 3.94. The van der Waals surface area contributed by atoms with E-state index in [1.54, 1.807) is 30.3 Å². The van der Waals surface area contributed by atoms with Gasteiger partial charge in [0.2, 0.25) is 0 Å². The van der Waals surface area contributed by atoms with Crippen molar-refractivity contribution in [1.29, 1.82) is 0 Å². The highest BCUT2D eigenvalue weighted by atomic mass is 32.3. The number of anilines is 3. The average Bonchev–Trinajstić information content (AvgIpc) is 2.71. The molecule has 0 aliphatic carbocycles. The minimum absolute atomic E-state index is 0.138. The molecule has 1 aliphatic rings. The maximum atomic E-state index is 14.3. The van der Waals surface area contributed by atoms with Crippen molar-refractivity contribution in [2.45, 2.75) is 25.8 Å². The van der Waals surface area contributed by atoms with E-state index in [1.807, 2.05) is 19.9 Å². The molecule has 4 N–H and O–H groups in total. The number of hydrogen-bond acceptors (Lipinski definition) is 5. The fourth-order valence-electron chi connectivity index (χ4n) is 2.72. The Bertz CT molecular complexity index is 749. The van der Waals surface area contributed by atoms with Crippen LogP contribution in [0.2, 0.25) is 0 Å². The molecule has 0 bridgehead atoms. The first-order valence-corrected chi connectivity index (χ1v) is 9.16. The van der Waals surface area contributed by atoms with Crippen LogP contribution in [0.3, 0.4) is 0 Å². The Morgan fingerprint density at radius 3 is 2.12 bits per heavy atom. The highest BCUT2D eigenvalue weighted by Gasteiger charge is 2.42. The molecule has 1 heterocycles. The summed E-state index contributed by atoms with van der Waals surface area (Å²) in [6, 6.07) is 13.2. The Labute approximate surface area is 143 Å². The standard InChI is InChI=1S/C17H22FN3O2S/c1-17(2,19)11-12-20-15-9-5-6-10-16(15)21(24(20,22)23)14-8-4-3-7-13(14)18/h3-10,22-23H,11-12,19H2,1-2H3. The van der Waals surface area contributed by atoms with Crippen LogP contribution in [0.5, 0.6) is 0 Å². The molecule has 3 rings (SSSR count). The van der Waals surface area contributed by atoms with Gasteiger partial charge in [-0.3, -0.25) is 13.4 Å². The number of para-hydroxylation sites is 3. The Balaban J connectivity index is 2.07. The van der Waals surface area contributed by atoms with E-state index in [0.29, 0.717) is 24.3 Å². The maximum Gasteiger partial charge on any atom is 0.148 e. The van der Waals surface area contributed by atoms with E-state index in [4.69, 9.17) is 5.73 Å². The van der Waals surface area contributed by atoms with E-state index in [2.05, 4.69) is 0 Å². The zero-order valence-corrected chi connectivity index (χ0v) is 14.5. The second-order valence-electron chi connectivity index (χ2n) is 6.57. The van der Waals surface area contributed by atoms with Gasteiger partial charge in [0, 0.05) is 12.1 Å². The van der Waals surface area contributed by atoms with Gasteiger partial charge < -0.3 is 5.73 Å². The van der Waals surface area contributed by atoms with Crippen molar-refractivity contribution in [3.05, 3.63) is 54.3 Å². The molecular weight excluding hydrogens is 329 g/mol. The summed E-state index contributed by atoms with van der Waals surface area (Å²) in [6.07, 6.45) is 0.558. The maximum absolute atomic E-state index is 14.3. The predicted molar refractivity (Wildman–Crippen MR) is 98.1 cm³/mol. The van der Waals surface area contributed by atoms with E-state index >= 15 is 0 Å². The van der Waals surface area contributed by atoms with E-state index < -0.39 is 22.3 Å². The second-order valence-corrected chi connectivity index (χ2v) is 8.35. The Morgan fingerprint density at radius 1 is 1.00 bits per heavy atom. The first kappa shape index (κ1) is 17.0. The van der Waals surface area contributed by atoms with E-state index in [0.717, 1.165) is 0 Å². The SMILES string of the molecule is CC(C)(N)CCN1c2ccccc2N(c2ccccc2F)S1(O)O. The lowest BCUT2D eigenvalue weighted by Crippen LogP contribution is -2.39. The Kier molecular flexibility index (Phi) is 4.21. The summed E-state index contributed by atoms with van der Waals surface area (Å²) in [7, 11) is -3.41. The molecule has 0 atom stereocenters. The van der Waals surface area contributed by atoms with Crippen molar-refractivity contribution in [1.82, 2.24) is 0 Å². The summed E-state index contributed by atoms with van der Waals surface area (Å²) in [4.78, 5) is 0. The Hall–Kier alpha value is -1.80. The molecule has 7 heteroatoms. The monoisotopic (exact) mass is 351 g/mol. The van der Waals surface area contributed by atoms with Crippen LogP contribution in [-0.4, -0.2) is 21.2 Å². The average molecular weight is 351 g/mol. The molecule has 0 saturated heterocycles. The van der Waals surface area contributed by atoms with Crippen molar-refractivity contribution < 1.29 is 13.5 Å². The smallest absolute Gasteiger partial charge is 0.148 e. The molecule has 0 aromatic heterocycles. The van der Waals surface area contributed by atoms with Crippen molar-refractivity contribution in [2.75, 3.05) is 15.2 Å². The van der Waals surface area contributed by atoms with Gasteiger partial charge in [-0.05, 0) is 55.5 Å². The van der Waals surface area contributed by atoms with Crippen LogP contribution in [0.25, 0.3) is 0 Å². The van der Waals surface area contributed by atoms with E-state index in [9.17, 15) is 13.5 Å². The molecule has 2 aromatic rings. The summed E-state index contributed by atoms with van der Waals surface area (Å²) < 4.78 is 38.9. The molecule has 0 unspecified atom stereocenters. The molecular formula is C17H22FN3O2S. The third kappa shape index (κ3) is 2.95. The number of fused-ring (bicyclic) bond motifs is 1. The number of benzene rings is 2. The van der Waals surface area contributed by atoms with Gasteiger partial charge in [0.05, 0.1) is 11.4 Å². The zero-order chi connectivity index (χ0) is 17.5. The third-order valence-corrected chi connectivity index (χ3v) is 5.79. The van der Waals surface area contributed by atoms with Crippen LogP contribution >= 0.6 is 11.0 Å². The van der Waals surface area contributed by atoms with Crippen LogP contribution in [0.1, 0.15) is 20.3 Å². The molecule has 0 fully saturated rings. The lowest BCUT2D eigenvalue weighted by molar-refractivity contribution is 0.461. The predicted octanol–water partition coefficient (Wildman–Crippen LogP) is 4.49. The van der Waals surface area contributed by atoms with Gasteiger partial charge in [0.25, 0.3) is 0 Å². The van der Waals surface area contributed by atoms with Crippen LogP contribution in [0, 0.1) is 5.82 Å². The fourth-order valence-corrected chi connectivity index (χ4v) is 4.50. The van der Waals surface area contributed by atoms with Gasteiger partial charge in [-0.1, -0.05) is 24.3 Å². The normalized spacial score (nSPS) is 17.8. The van der Waals surface area contributed by atoms with Crippen molar-refractivity contribution in [2.24, 2.45) is 5.73 Å². The fraction of sp³-hybridized carbons (Fsp3) is 0.294. The number of hydrogen-bond donors (Lipinski definition) is 3. The summed E-state index contributed by atoms with van der Waals surface area (Å²) in [5.41, 5.74) is 6.95. The number of rotatable bonds is 4. The lowest BCUT2D eigenvalue weighted by Gasteiger charge is -2.44. The van der Waals surface area contributed by atoms with Gasteiger partial charge in [0.15, 0.2) is 0 Å². The molecule has 24 heavy (non-hydrogen) atoms. The van der Waals surface area contributed by atoms with Crippen LogP contribution in [0.15, 0.2) is 48.5 Å². The van der Waals surface area contributed by atoms with Gasteiger partial charge >= 0.3 is 0 Å². The first-order chi connectivity index (χ1) is 11.2. The number of nitrogens with zero attached hydrogens (tertiary/aromatic N) is 2. The van der Waals surface area contributed by atoms with Gasteiger partial charge in [-0.25, -0.2) is 8.70 Å². The number of nitrogens with two attached hydrogens (primary N) is 1. The molecule has 1 aliphatic heterocycles. The molecule has 0 amide bonds. The van der Waals surface area contributed by atoms with E-state index in [-0.39, 0.29) is 5.69 Å². The largest absolute Gasteiger partial charge is 0.325 e. The van der Waals surface area contributed by atoms with Crippen molar-refractivity contribution >= 4 is 28.0 Å². The summed E-state index contributed by atoms with van der Waals surface area (Å²) in [5.74, 6) is -0.506. The molecule has 2 aromatic carbocycles.